The van der Waals surface area contributed by atoms with Crippen molar-refractivity contribution in [2.45, 2.75) is 44.8 Å². The summed E-state index contributed by atoms with van der Waals surface area (Å²) in [5, 5.41) is 0. The lowest BCUT2D eigenvalue weighted by Gasteiger charge is -2.37. The van der Waals surface area contributed by atoms with Gasteiger partial charge in [0.25, 0.3) is 0 Å². The molecule has 5 heteroatoms. The Morgan fingerprint density at radius 2 is 2.25 bits per heavy atom. The topological polar surface area (TPSA) is 47.3 Å². The third-order valence-corrected chi connectivity index (χ3v) is 4.42. The van der Waals surface area contributed by atoms with Crippen LogP contribution in [0, 0.1) is 11.7 Å². The molecule has 1 aromatic rings. The number of nitrogens with one attached hydrogen (secondary N) is 1. The van der Waals surface area contributed by atoms with Crippen molar-refractivity contribution < 1.29 is 9.13 Å². The van der Waals surface area contributed by atoms with Crippen LogP contribution in [0.15, 0.2) is 22.7 Å². The molecule has 0 saturated heterocycles. The predicted molar refractivity (Wildman–Crippen MR) is 81.7 cm³/mol. The lowest BCUT2D eigenvalue weighted by Crippen LogP contribution is -2.42. The Hall–Kier alpha value is -0.490. The summed E-state index contributed by atoms with van der Waals surface area (Å²) in [6.45, 7) is 2.80. The lowest BCUT2D eigenvalue weighted by atomic mass is 9.77. The quantitative estimate of drug-likeness (QED) is 0.590. The molecule has 1 aliphatic rings. The third-order valence-electron chi connectivity index (χ3n) is 3.92. The van der Waals surface area contributed by atoms with Crippen molar-refractivity contribution in [3.63, 3.8) is 0 Å². The molecule has 3 N–H and O–H groups in total. The summed E-state index contributed by atoms with van der Waals surface area (Å²) in [5.74, 6) is 6.07. The Morgan fingerprint density at radius 1 is 1.50 bits per heavy atom. The molecule has 0 aromatic heterocycles. The molecule has 1 unspecified atom stereocenters. The largest absolute Gasteiger partial charge is 0.378 e. The molecule has 1 atom stereocenters. The molecule has 1 fully saturated rings. The minimum Gasteiger partial charge on any atom is -0.378 e. The second-order valence-corrected chi connectivity index (χ2v) is 6.37. The van der Waals surface area contributed by atoms with E-state index in [4.69, 9.17) is 10.6 Å². The van der Waals surface area contributed by atoms with Crippen LogP contribution in [-0.2, 0) is 11.2 Å². The maximum atomic E-state index is 13.8. The zero-order valence-corrected chi connectivity index (χ0v) is 13.3. The van der Waals surface area contributed by atoms with E-state index in [0.29, 0.717) is 24.0 Å². The highest BCUT2D eigenvalue weighted by molar-refractivity contribution is 9.10. The molecule has 0 aliphatic heterocycles. The monoisotopic (exact) mass is 344 g/mol. The summed E-state index contributed by atoms with van der Waals surface area (Å²) in [6.07, 6.45) is 4.16. The highest BCUT2D eigenvalue weighted by Gasteiger charge is 2.31. The van der Waals surface area contributed by atoms with Crippen molar-refractivity contribution >= 4 is 15.9 Å². The maximum Gasteiger partial charge on any atom is 0.126 e. The van der Waals surface area contributed by atoms with E-state index in [-0.39, 0.29) is 11.9 Å². The van der Waals surface area contributed by atoms with Crippen molar-refractivity contribution in [3.8, 4) is 0 Å². The second kappa shape index (κ2) is 7.50. The first-order valence-electron chi connectivity index (χ1n) is 7.14. The van der Waals surface area contributed by atoms with Gasteiger partial charge in [-0.05, 0) is 62.3 Å². The van der Waals surface area contributed by atoms with Gasteiger partial charge < -0.3 is 4.74 Å². The van der Waals surface area contributed by atoms with Crippen LogP contribution in [0.5, 0.6) is 0 Å². The van der Waals surface area contributed by atoms with Crippen LogP contribution >= 0.6 is 15.9 Å². The van der Waals surface area contributed by atoms with Crippen molar-refractivity contribution in [2.75, 3.05) is 6.61 Å². The van der Waals surface area contributed by atoms with E-state index in [1.807, 2.05) is 13.0 Å². The number of hydrogen-bond donors (Lipinski definition) is 2. The van der Waals surface area contributed by atoms with Gasteiger partial charge in [0, 0.05) is 17.1 Å². The van der Waals surface area contributed by atoms with E-state index in [0.717, 1.165) is 30.3 Å². The maximum absolute atomic E-state index is 13.8. The summed E-state index contributed by atoms with van der Waals surface area (Å²) in [6, 6.07) is 5.12. The fraction of sp³-hybridized carbons (Fsp3) is 0.600. The summed E-state index contributed by atoms with van der Waals surface area (Å²) >= 11 is 3.37. The van der Waals surface area contributed by atoms with Crippen LogP contribution in [0.3, 0.4) is 0 Å². The molecule has 1 aliphatic carbocycles. The molecule has 0 spiro atoms. The fourth-order valence-electron chi connectivity index (χ4n) is 2.82. The van der Waals surface area contributed by atoms with Gasteiger partial charge in [0.2, 0.25) is 0 Å². The van der Waals surface area contributed by atoms with Gasteiger partial charge in [-0.3, -0.25) is 11.3 Å². The van der Waals surface area contributed by atoms with Crippen LogP contribution in [0.2, 0.25) is 0 Å². The van der Waals surface area contributed by atoms with Gasteiger partial charge in [0.1, 0.15) is 5.82 Å². The first kappa shape index (κ1) is 15.9. The van der Waals surface area contributed by atoms with Crippen molar-refractivity contribution in [2.24, 2.45) is 11.8 Å². The Balaban J connectivity index is 1.85. The minimum atomic E-state index is -0.172. The van der Waals surface area contributed by atoms with Crippen LogP contribution in [0.4, 0.5) is 4.39 Å². The standard InChI is InChI=1S/C15H22BrFN2O/c1-2-20-14-6-10(7-14)5-13(19-18)9-11-8-12(16)3-4-15(11)17/h3-4,8,10,13-14,19H,2,5-7,9,18H2,1H3. The molecule has 20 heavy (non-hydrogen) atoms. The van der Waals surface area contributed by atoms with E-state index in [9.17, 15) is 4.39 Å². The fourth-order valence-corrected chi connectivity index (χ4v) is 3.23. The summed E-state index contributed by atoms with van der Waals surface area (Å²) in [5.41, 5.74) is 3.52. The molecule has 3 nitrogen and oxygen atoms in total. The van der Waals surface area contributed by atoms with E-state index < -0.39 is 0 Å². The van der Waals surface area contributed by atoms with Gasteiger partial charge in [0.05, 0.1) is 6.10 Å². The van der Waals surface area contributed by atoms with Gasteiger partial charge in [-0.1, -0.05) is 15.9 Å². The number of nitrogens with two attached hydrogens (primary N) is 1. The van der Waals surface area contributed by atoms with Crippen molar-refractivity contribution in [3.05, 3.63) is 34.1 Å². The van der Waals surface area contributed by atoms with E-state index >= 15 is 0 Å². The van der Waals surface area contributed by atoms with Crippen molar-refractivity contribution in [1.29, 1.82) is 0 Å². The summed E-state index contributed by atoms with van der Waals surface area (Å²) < 4.78 is 20.2. The summed E-state index contributed by atoms with van der Waals surface area (Å²) in [4.78, 5) is 0. The molecule has 2 rings (SSSR count). The number of benzene rings is 1. The number of rotatable bonds is 7. The highest BCUT2D eigenvalue weighted by atomic mass is 79.9. The van der Waals surface area contributed by atoms with E-state index in [2.05, 4.69) is 21.4 Å². The zero-order valence-electron chi connectivity index (χ0n) is 11.7. The lowest BCUT2D eigenvalue weighted by molar-refractivity contribution is -0.0290. The van der Waals surface area contributed by atoms with Gasteiger partial charge >= 0.3 is 0 Å². The Morgan fingerprint density at radius 3 is 2.90 bits per heavy atom. The number of halogens is 2. The normalized spacial score (nSPS) is 23.4. The third kappa shape index (κ3) is 4.25. The number of ether oxygens (including phenoxy) is 1. The average molecular weight is 345 g/mol. The number of hydrazine groups is 1. The Bertz CT molecular complexity index is 438. The molecule has 0 amide bonds. The van der Waals surface area contributed by atoms with Crippen molar-refractivity contribution in [1.82, 2.24) is 5.43 Å². The van der Waals surface area contributed by atoms with Gasteiger partial charge in [-0.15, -0.1) is 0 Å². The van der Waals surface area contributed by atoms with Gasteiger partial charge in [0.15, 0.2) is 0 Å². The Kier molecular flexibility index (Phi) is 5.96. The van der Waals surface area contributed by atoms with Crippen LogP contribution in [0.25, 0.3) is 0 Å². The number of hydrogen-bond acceptors (Lipinski definition) is 3. The van der Waals surface area contributed by atoms with Crippen LogP contribution in [-0.4, -0.2) is 18.8 Å². The van der Waals surface area contributed by atoms with Gasteiger partial charge in [-0.25, -0.2) is 4.39 Å². The van der Waals surface area contributed by atoms with Crippen LogP contribution in [0.1, 0.15) is 31.7 Å². The molecule has 1 saturated carbocycles. The second-order valence-electron chi connectivity index (χ2n) is 5.45. The highest BCUT2D eigenvalue weighted by Crippen LogP contribution is 2.34. The Labute approximate surface area is 128 Å². The zero-order chi connectivity index (χ0) is 14.5. The molecular formula is C15H22BrFN2O. The molecule has 0 heterocycles. The minimum absolute atomic E-state index is 0.103. The molecule has 1 aromatic carbocycles. The first-order chi connectivity index (χ1) is 9.62. The molecule has 0 radical (unpaired) electrons. The van der Waals surface area contributed by atoms with Crippen LogP contribution < -0.4 is 11.3 Å². The summed E-state index contributed by atoms with van der Waals surface area (Å²) in [7, 11) is 0. The van der Waals surface area contributed by atoms with E-state index in [1.165, 1.54) is 6.07 Å². The molecule has 0 bridgehead atoms. The smallest absolute Gasteiger partial charge is 0.126 e. The average Bonchev–Trinajstić information content (AvgIpc) is 2.39. The molecular weight excluding hydrogens is 323 g/mol. The molecule has 112 valence electrons. The van der Waals surface area contributed by atoms with E-state index in [1.54, 1.807) is 6.07 Å². The van der Waals surface area contributed by atoms with Gasteiger partial charge in [-0.2, -0.15) is 0 Å². The predicted octanol–water partition coefficient (Wildman–Crippen LogP) is 3.17. The SMILES string of the molecule is CCOC1CC(CC(Cc2cc(Br)ccc2F)NN)C1. The first-order valence-corrected chi connectivity index (χ1v) is 7.93.